The highest BCUT2D eigenvalue weighted by molar-refractivity contribution is 5.87. The summed E-state index contributed by atoms with van der Waals surface area (Å²) in [5.41, 5.74) is 0.661. The summed E-state index contributed by atoms with van der Waals surface area (Å²) >= 11 is 0. The second-order valence-electron chi connectivity index (χ2n) is 6.80. The average molecular weight is 326 g/mol. The SMILES string of the molecule is CCCCCCCCCCCCCCOC(=O)C(C)=CN(C)C. The summed E-state index contributed by atoms with van der Waals surface area (Å²) in [5, 5.41) is 0. The van der Waals surface area contributed by atoms with Crippen molar-refractivity contribution in [2.45, 2.75) is 90.9 Å². The van der Waals surface area contributed by atoms with Crippen molar-refractivity contribution < 1.29 is 9.53 Å². The third-order valence-corrected chi connectivity index (χ3v) is 4.00. The van der Waals surface area contributed by atoms with Gasteiger partial charge in [-0.25, -0.2) is 4.79 Å². The van der Waals surface area contributed by atoms with Crippen LogP contribution in [0.15, 0.2) is 11.8 Å². The summed E-state index contributed by atoms with van der Waals surface area (Å²) in [6.07, 6.45) is 17.7. The van der Waals surface area contributed by atoms with Crippen LogP contribution in [0.1, 0.15) is 90.9 Å². The van der Waals surface area contributed by atoms with Gasteiger partial charge >= 0.3 is 5.97 Å². The van der Waals surface area contributed by atoms with E-state index in [1.165, 1.54) is 70.6 Å². The molecular formula is C20H39NO2. The van der Waals surface area contributed by atoms with Gasteiger partial charge in [0.1, 0.15) is 0 Å². The number of unbranched alkanes of at least 4 members (excludes halogenated alkanes) is 11. The number of esters is 1. The van der Waals surface area contributed by atoms with E-state index in [-0.39, 0.29) is 5.97 Å². The van der Waals surface area contributed by atoms with Gasteiger partial charge in [-0.2, -0.15) is 0 Å². The Labute approximate surface area is 144 Å². The molecule has 0 aromatic heterocycles. The van der Waals surface area contributed by atoms with Crippen LogP contribution in [0.2, 0.25) is 0 Å². The molecule has 0 fully saturated rings. The Balaban J connectivity index is 3.29. The standard InChI is InChI=1S/C20H39NO2/c1-5-6-7-8-9-10-11-12-13-14-15-16-17-23-20(22)19(2)18-21(3)4/h18H,5-17H2,1-4H3. The lowest BCUT2D eigenvalue weighted by molar-refractivity contribution is -0.139. The Bertz CT molecular complexity index is 311. The number of hydrogen-bond donors (Lipinski definition) is 0. The highest BCUT2D eigenvalue weighted by Crippen LogP contribution is 2.12. The minimum absolute atomic E-state index is 0.193. The van der Waals surface area contributed by atoms with E-state index in [1.807, 2.05) is 19.0 Å². The Hall–Kier alpha value is -0.990. The van der Waals surface area contributed by atoms with Crippen LogP contribution in [0.5, 0.6) is 0 Å². The third kappa shape index (κ3) is 15.7. The first-order valence-corrected chi connectivity index (χ1v) is 9.60. The summed E-state index contributed by atoms with van der Waals surface area (Å²) in [5.74, 6) is -0.193. The highest BCUT2D eigenvalue weighted by Gasteiger charge is 2.05. The van der Waals surface area contributed by atoms with Gasteiger partial charge in [0.25, 0.3) is 0 Å². The number of carbonyl (C=O) groups is 1. The predicted octanol–water partition coefficient (Wildman–Crippen LogP) is 5.70. The molecule has 0 aromatic rings. The molecule has 3 heteroatoms. The Morgan fingerprint density at radius 1 is 0.826 bits per heavy atom. The molecule has 3 nitrogen and oxygen atoms in total. The van der Waals surface area contributed by atoms with E-state index in [9.17, 15) is 4.79 Å². The van der Waals surface area contributed by atoms with E-state index in [4.69, 9.17) is 4.74 Å². The largest absolute Gasteiger partial charge is 0.462 e. The van der Waals surface area contributed by atoms with E-state index >= 15 is 0 Å². The fraction of sp³-hybridized carbons (Fsp3) is 0.850. The number of ether oxygens (including phenoxy) is 1. The number of rotatable bonds is 15. The van der Waals surface area contributed by atoms with Crippen molar-refractivity contribution in [3.05, 3.63) is 11.8 Å². The van der Waals surface area contributed by atoms with Crippen LogP contribution in [0, 0.1) is 0 Å². The number of carbonyl (C=O) groups excluding carboxylic acids is 1. The van der Waals surface area contributed by atoms with E-state index < -0.39 is 0 Å². The molecule has 136 valence electrons. The summed E-state index contributed by atoms with van der Waals surface area (Å²) in [6.45, 7) is 4.61. The van der Waals surface area contributed by atoms with Gasteiger partial charge in [0, 0.05) is 25.9 Å². The molecular weight excluding hydrogens is 286 g/mol. The zero-order valence-corrected chi connectivity index (χ0v) is 16.0. The fourth-order valence-corrected chi connectivity index (χ4v) is 2.66. The summed E-state index contributed by atoms with van der Waals surface area (Å²) in [7, 11) is 3.81. The van der Waals surface area contributed by atoms with Gasteiger partial charge in [-0.15, -0.1) is 0 Å². The molecule has 0 amide bonds. The van der Waals surface area contributed by atoms with E-state index in [0.29, 0.717) is 12.2 Å². The van der Waals surface area contributed by atoms with Gasteiger partial charge in [-0.05, 0) is 13.3 Å². The minimum Gasteiger partial charge on any atom is -0.462 e. The Morgan fingerprint density at radius 2 is 1.26 bits per heavy atom. The first kappa shape index (κ1) is 22.0. The first-order valence-electron chi connectivity index (χ1n) is 9.60. The lowest BCUT2D eigenvalue weighted by Gasteiger charge is -2.08. The zero-order chi connectivity index (χ0) is 17.3. The lowest BCUT2D eigenvalue weighted by atomic mass is 10.1. The molecule has 0 rings (SSSR count). The molecule has 0 bridgehead atoms. The molecule has 0 saturated carbocycles. The molecule has 0 aromatic carbocycles. The van der Waals surface area contributed by atoms with E-state index in [2.05, 4.69) is 6.92 Å². The maximum absolute atomic E-state index is 11.7. The van der Waals surface area contributed by atoms with Gasteiger partial charge in [0.05, 0.1) is 6.61 Å². The maximum atomic E-state index is 11.7. The van der Waals surface area contributed by atoms with Crippen LogP contribution >= 0.6 is 0 Å². The van der Waals surface area contributed by atoms with Gasteiger partial charge in [-0.1, -0.05) is 77.6 Å². The topological polar surface area (TPSA) is 29.5 Å². The monoisotopic (exact) mass is 325 g/mol. The second-order valence-corrected chi connectivity index (χ2v) is 6.80. The van der Waals surface area contributed by atoms with Gasteiger partial charge < -0.3 is 9.64 Å². The fourth-order valence-electron chi connectivity index (χ4n) is 2.66. The van der Waals surface area contributed by atoms with Crippen molar-refractivity contribution in [3.63, 3.8) is 0 Å². The lowest BCUT2D eigenvalue weighted by Crippen LogP contribution is -2.11. The van der Waals surface area contributed by atoms with Gasteiger partial charge in [-0.3, -0.25) is 0 Å². The molecule has 0 aliphatic heterocycles. The molecule has 0 saturated heterocycles. The van der Waals surface area contributed by atoms with Crippen LogP contribution in [0.4, 0.5) is 0 Å². The number of hydrogen-bond acceptors (Lipinski definition) is 3. The summed E-state index contributed by atoms with van der Waals surface area (Å²) in [4.78, 5) is 13.5. The predicted molar refractivity (Wildman–Crippen MR) is 99.5 cm³/mol. The summed E-state index contributed by atoms with van der Waals surface area (Å²) < 4.78 is 5.26. The van der Waals surface area contributed by atoms with Crippen molar-refractivity contribution in [1.29, 1.82) is 0 Å². The minimum atomic E-state index is -0.193. The highest BCUT2D eigenvalue weighted by atomic mass is 16.5. The second kappa shape index (κ2) is 15.9. The molecule has 0 atom stereocenters. The van der Waals surface area contributed by atoms with Gasteiger partial charge in [0.15, 0.2) is 0 Å². The third-order valence-electron chi connectivity index (χ3n) is 4.00. The molecule has 0 aliphatic rings. The van der Waals surface area contributed by atoms with Crippen molar-refractivity contribution >= 4 is 5.97 Å². The molecule has 23 heavy (non-hydrogen) atoms. The zero-order valence-electron chi connectivity index (χ0n) is 16.0. The van der Waals surface area contributed by atoms with E-state index in [0.717, 1.165) is 6.42 Å². The maximum Gasteiger partial charge on any atom is 0.335 e. The number of nitrogens with zero attached hydrogens (tertiary/aromatic N) is 1. The average Bonchev–Trinajstić information content (AvgIpc) is 2.51. The van der Waals surface area contributed by atoms with Crippen LogP contribution in [-0.4, -0.2) is 31.6 Å². The quantitative estimate of drug-likeness (QED) is 0.220. The van der Waals surface area contributed by atoms with Crippen molar-refractivity contribution in [2.24, 2.45) is 0 Å². The molecule has 0 spiro atoms. The van der Waals surface area contributed by atoms with Crippen molar-refractivity contribution in [2.75, 3.05) is 20.7 Å². The van der Waals surface area contributed by atoms with Crippen LogP contribution in [0.25, 0.3) is 0 Å². The normalized spacial score (nSPS) is 11.6. The molecule has 0 radical (unpaired) electrons. The summed E-state index contributed by atoms with van der Waals surface area (Å²) in [6, 6.07) is 0. The van der Waals surface area contributed by atoms with Gasteiger partial charge in [0.2, 0.25) is 0 Å². The molecule has 0 N–H and O–H groups in total. The molecule has 0 unspecified atom stereocenters. The Kier molecular flexibility index (Phi) is 15.2. The van der Waals surface area contributed by atoms with Crippen LogP contribution in [0.3, 0.4) is 0 Å². The van der Waals surface area contributed by atoms with Crippen LogP contribution in [-0.2, 0) is 9.53 Å². The van der Waals surface area contributed by atoms with E-state index in [1.54, 1.807) is 13.1 Å². The van der Waals surface area contributed by atoms with Crippen molar-refractivity contribution in [1.82, 2.24) is 4.90 Å². The Morgan fingerprint density at radius 3 is 1.70 bits per heavy atom. The molecule has 0 heterocycles. The van der Waals surface area contributed by atoms with Crippen LogP contribution < -0.4 is 0 Å². The smallest absolute Gasteiger partial charge is 0.335 e. The first-order chi connectivity index (χ1) is 11.1. The molecule has 0 aliphatic carbocycles. The van der Waals surface area contributed by atoms with Crippen molar-refractivity contribution in [3.8, 4) is 0 Å².